The zero-order valence-electron chi connectivity index (χ0n) is 16.4. The third-order valence-corrected chi connectivity index (χ3v) is 4.75. The summed E-state index contributed by atoms with van der Waals surface area (Å²) in [6, 6.07) is 27.4. The molecular weight excluding hydrogens is 374 g/mol. The van der Waals surface area contributed by atoms with E-state index < -0.39 is 5.97 Å². The van der Waals surface area contributed by atoms with Crippen LogP contribution in [0.2, 0.25) is 0 Å². The van der Waals surface area contributed by atoms with Gasteiger partial charge >= 0.3 is 5.97 Å². The SMILES string of the molecule is O=C(O)Cc1ccccc1OCc1ccc(C=Cc2ccc3ccccc3n2)cc1. The first-order chi connectivity index (χ1) is 14.7. The van der Waals surface area contributed by atoms with Crippen molar-refractivity contribution in [1.82, 2.24) is 4.98 Å². The average Bonchev–Trinajstić information content (AvgIpc) is 2.77. The first kappa shape index (κ1) is 19.4. The number of carboxylic acids is 1. The molecular formula is C26H21NO3. The summed E-state index contributed by atoms with van der Waals surface area (Å²) >= 11 is 0. The fourth-order valence-electron chi connectivity index (χ4n) is 3.20. The highest BCUT2D eigenvalue weighted by molar-refractivity contribution is 5.80. The molecule has 4 nitrogen and oxygen atoms in total. The molecule has 4 aromatic rings. The number of benzene rings is 3. The molecule has 0 saturated carbocycles. The van der Waals surface area contributed by atoms with Crippen LogP contribution in [-0.4, -0.2) is 16.1 Å². The molecule has 30 heavy (non-hydrogen) atoms. The van der Waals surface area contributed by atoms with Gasteiger partial charge in [-0.25, -0.2) is 4.98 Å². The van der Waals surface area contributed by atoms with Gasteiger partial charge in [-0.1, -0.05) is 72.8 Å². The smallest absolute Gasteiger partial charge is 0.307 e. The fraction of sp³-hybridized carbons (Fsp3) is 0.0769. The molecule has 0 spiro atoms. The van der Waals surface area contributed by atoms with E-state index >= 15 is 0 Å². The van der Waals surface area contributed by atoms with Crippen LogP contribution >= 0.6 is 0 Å². The van der Waals surface area contributed by atoms with E-state index in [1.54, 1.807) is 12.1 Å². The Morgan fingerprint density at radius 3 is 2.47 bits per heavy atom. The highest BCUT2D eigenvalue weighted by atomic mass is 16.5. The van der Waals surface area contributed by atoms with Gasteiger partial charge in [-0.3, -0.25) is 4.79 Å². The van der Waals surface area contributed by atoms with Gasteiger partial charge in [0.1, 0.15) is 12.4 Å². The number of hydrogen-bond acceptors (Lipinski definition) is 3. The molecule has 0 radical (unpaired) electrons. The van der Waals surface area contributed by atoms with Crippen LogP contribution in [0.4, 0.5) is 0 Å². The zero-order chi connectivity index (χ0) is 20.8. The number of nitrogens with zero attached hydrogens (tertiary/aromatic N) is 1. The molecule has 0 aliphatic rings. The number of ether oxygens (including phenoxy) is 1. The third kappa shape index (κ3) is 4.92. The van der Waals surface area contributed by atoms with Crippen molar-refractivity contribution in [3.63, 3.8) is 0 Å². The van der Waals surface area contributed by atoms with Crippen LogP contribution in [0, 0.1) is 0 Å². The van der Waals surface area contributed by atoms with Crippen LogP contribution in [0.1, 0.15) is 22.4 Å². The van der Waals surface area contributed by atoms with E-state index in [9.17, 15) is 4.79 Å². The standard InChI is InChI=1S/C26H21NO3/c28-26(29)17-22-6-2-4-8-25(22)30-18-20-11-9-19(10-12-20)13-15-23-16-14-21-5-1-3-7-24(21)27-23/h1-16H,17-18H2,(H,28,29). The van der Waals surface area contributed by atoms with Gasteiger partial charge in [0, 0.05) is 10.9 Å². The second-order valence-corrected chi connectivity index (χ2v) is 6.97. The summed E-state index contributed by atoms with van der Waals surface area (Å²) in [6.45, 7) is 0.382. The van der Waals surface area contributed by atoms with Crippen molar-refractivity contribution in [2.45, 2.75) is 13.0 Å². The van der Waals surface area contributed by atoms with Gasteiger partial charge in [-0.2, -0.15) is 0 Å². The molecule has 4 heteroatoms. The van der Waals surface area contributed by atoms with Crippen molar-refractivity contribution in [3.05, 3.63) is 107 Å². The number of aliphatic carboxylic acids is 1. The van der Waals surface area contributed by atoms with E-state index in [-0.39, 0.29) is 6.42 Å². The lowest BCUT2D eigenvalue weighted by Gasteiger charge is -2.10. The monoisotopic (exact) mass is 395 g/mol. The molecule has 0 atom stereocenters. The summed E-state index contributed by atoms with van der Waals surface area (Å²) in [6.07, 6.45) is 3.98. The molecule has 0 saturated heterocycles. The summed E-state index contributed by atoms with van der Waals surface area (Å²) < 4.78 is 5.84. The second kappa shape index (κ2) is 9.05. The molecule has 148 valence electrons. The molecule has 0 fully saturated rings. The van der Waals surface area contributed by atoms with Crippen LogP contribution in [0.5, 0.6) is 5.75 Å². The quantitative estimate of drug-likeness (QED) is 0.442. The molecule has 1 N–H and O–H groups in total. The van der Waals surface area contributed by atoms with Crippen LogP contribution in [0.3, 0.4) is 0 Å². The summed E-state index contributed by atoms with van der Waals surface area (Å²) in [4.78, 5) is 15.6. The second-order valence-electron chi connectivity index (χ2n) is 6.97. The predicted octanol–water partition coefficient (Wildman–Crippen LogP) is 5.61. The van der Waals surface area contributed by atoms with Crippen LogP contribution < -0.4 is 4.74 Å². The van der Waals surface area contributed by atoms with Gasteiger partial charge in [0.25, 0.3) is 0 Å². The number of aromatic nitrogens is 1. The number of pyridine rings is 1. The van der Waals surface area contributed by atoms with E-state index in [0.717, 1.165) is 27.7 Å². The molecule has 0 bridgehead atoms. The van der Waals surface area contributed by atoms with Crippen molar-refractivity contribution in [2.24, 2.45) is 0 Å². The van der Waals surface area contributed by atoms with Crippen molar-refractivity contribution < 1.29 is 14.6 Å². The Kier molecular flexibility index (Phi) is 5.85. The van der Waals surface area contributed by atoms with Gasteiger partial charge in [-0.05, 0) is 35.4 Å². The first-order valence-electron chi connectivity index (χ1n) is 9.73. The predicted molar refractivity (Wildman–Crippen MR) is 119 cm³/mol. The molecule has 0 unspecified atom stereocenters. The van der Waals surface area contributed by atoms with E-state index in [0.29, 0.717) is 17.9 Å². The highest BCUT2D eigenvalue weighted by Crippen LogP contribution is 2.20. The lowest BCUT2D eigenvalue weighted by molar-refractivity contribution is -0.136. The van der Waals surface area contributed by atoms with Gasteiger partial charge in [-0.15, -0.1) is 0 Å². The Bertz CT molecular complexity index is 1200. The largest absolute Gasteiger partial charge is 0.489 e. The zero-order valence-corrected chi connectivity index (χ0v) is 16.4. The van der Waals surface area contributed by atoms with E-state index in [2.05, 4.69) is 17.1 Å². The molecule has 4 rings (SSSR count). The number of carbonyl (C=O) groups is 1. The summed E-state index contributed by atoms with van der Waals surface area (Å²) in [5.41, 5.74) is 4.65. The molecule has 0 aliphatic carbocycles. The maximum absolute atomic E-state index is 11.0. The van der Waals surface area contributed by atoms with Gasteiger partial charge in [0.15, 0.2) is 0 Å². The van der Waals surface area contributed by atoms with E-state index in [1.807, 2.05) is 72.8 Å². The Balaban J connectivity index is 1.40. The number of fused-ring (bicyclic) bond motifs is 1. The first-order valence-corrected chi connectivity index (χ1v) is 9.73. The fourth-order valence-corrected chi connectivity index (χ4v) is 3.20. The Morgan fingerprint density at radius 2 is 1.63 bits per heavy atom. The van der Waals surface area contributed by atoms with Crippen LogP contribution in [0.25, 0.3) is 23.1 Å². The number of carboxylic acid groups (broad SMARTS) is 1. The minimum Gasteiger partial charge on any atom is -0.489 e. The lowest BCUT2D eigenvalue weighted by atomic mass is 10.1. The van der Waals surface area contributed by atoms with E-state index in [4.69, 9.17) is 9.84 Å². The van der Waals surface area contributed by atoms with Crippen molar-refractivity contribution in [3.8, 4) is 5.75 Å². The highest BCUT2D eigenvalue weighted by Gasteiger charge is 2.07. The molecule has 1 aromatic heterocycles. The number of rotatable bonds is 7. The van der Waals surface area contributed by atoms with Crippen LogP contribution in [0.15, 0.2) is 84.9 Å². The minimum atomic E-state index is -0.872. The van der Waals surface area contributed by atoms with Crippen molar-refractivity contribution >= 4 is 29.0 Å². The summed E-state index contributed by atoms with van der Waals surface area (Å²) in [7, 11) is 0. The molecule has 3 aromatic carbocycles. The maximum atomic E-state index is 11.0. The number of para-hydroxylation sites is 2. The molecule has 0 aliphatic heterocycles. The Morgan fingerprint density at radius 1 is 0.867 bits per heavy atom. The topological polar surface area (TPSA) is 59.4 Å². The van der Waals surface area contributed by atoms with Gasteiger partial charge < -0.3 is 9.84 Å². The lowest BCUT2D eigenvalue weighted by Crippen LogP contribution is -2.04. The Labute approximate surface area is 175 Å². The molecule has 1 heterocycles. The third-order valence-electron chi connectivity index (χ3n) is 4.75. The van der Waals surface area contributed by atoms with Gasteiger partial charge in [0.2, 0.25) is 0 Å². The summed E-state index contributed by atoms with van der Waals surface area (Å²) in [5, 5.41) is 10.2. The van der Waals surface area contributed by atoms with Gasteiger partial charge in [0.05, 0.1) is 17.6 Å². The number of hydrogen-bond donors (Lipinski definition) is 1. The average molecular weight is 395 g/mol. The van der Waals surface area contributed by atoms with Crippen molar-refractivity contribution in [2.75, 3.05) is 0 Å². The van der Waals surface area contributed by atoms with Crippen LogP contribution in [-0.2, 0) is 17.8 Å². The van der Waals surface area contributed by atoms with Crippen molar-refractivity contribution in [1.29, 1.82) is 0 Å². The normalized spacial score (nSPS) is 11.1. The Hall–Kier alpha value is -3.92. The summed E-state index contributed by atoms with van der Waals surface area (Å²) in [5.74, 6) is -0.269. The minimum absolute atomic E-state index is 0.0529. The van der Waals surface area contributed by atoms with E-state index in [1.165, 1.54) is 0 Å². The maximum Gasteiger partial charge on any atom is 0.307 e. The molecule has 0 amide bonds.